The predicted octanol–water partition coefficient (Wildman–Crippen LogP) is 3.14. The van der Waals surface area contributed by atoms with Gasteiger partial charge in [-0.3, -0.25) is 4.79 Å². The van der Waals surface area contributed by atoms with Gasteiger partial charge in [0.2, 0.25) is 0 Å². The van der Waals surface area contributed by atoms with E-state index < -0.39 is 11.4 Å². The van der Waals surface area contributed by atoms with E-state index in [9.17, 15) is 9.90 Å². The van der Waals surface area contributed by atoms with Crippen LogP contribution < -0.4 is 0 Å². The van der Waals surface area contributed by atoms with Gasteiger partial charge in [-0.05, 0) is 45.7 Å². The van der Waals surface area contributed by atoms with Gasteiger partial charge in [-0.25, -0.2) is 0 Å². The molecular formula is C14H27NO2. The Balaban J connectivity index is 2.55. The van der Waals surface area contributed by atoms with Crippen LogP contribution >= 0.6 is 0 Å². The molecule has 3 nitrogen and oxygen atoms in total. The Hall–Kier alpha value is -0.570. The van der Waals surface area contributed by atoms with E-state index in [0.29, 0.717) is 6.04 Å². The number of rotatable bonds is 6. The Kier molecular flexibility index (Phi) is 5.44. The molecule has 0 spiro atoms. The molecule has 17 heavy (non-hydrogen) atoms. The molecule has 0 saturated carbocycles. The fourth-order valence-electron chi connectivity index (χ4n) is 3.04. The van der Waals surface area contributed by atoms with E-state index in [1.165, 1.54) is 12.8 Å². The number of carboxylic acids is 1. The first-order valence-corrected chi connectivity index (χ1v) is 7.03. The first kappa shape index (κ1) is 14.5. The van der Waals surface area contributed by atoms with Crippen LogP contribution in [0.5, 0.6) is 0 Å². The van der Waals surface area contributed by atoms with Crippen molar-refractivity contribution in [1.29, 1.82) is 0 Å². The molecule has 100 valence electrons. The summed E-state index contributed by atoms with van der Waals surface area (Å²) >= 11 is 0. The largest absolute Gasteiger partial charge is 0.481 e. The Morgan fingerprint density at radius 3 is 2.29 bits per heavy atom. The van der Waals surface area contributed by atoms with Gasteiger partial charge in [0.25, 0.3) is 0 Å². The molecule has 1 saturated heterocycles. The van der Waals surface area contributed by atoms with E-state index in [0.717, 1.165) is 38.8 Å². The summed E-state index contributed by atoms with van der Waals surface area (Å²) in [5.74, 6) is -0.581. The molecule has 1 atom stereocenters. The second-order valence-corrected chi connectivity index (χ2v) is 5.51. The molecular weight excluding hydrogens is 214 g/mol. The third-order valence-electron chi connectivity index (χ3n) is 4.27. The van der Waals surface area contributed by atoms with Crippen molar-refractivity contribution in [2.24, 2.45) is 5.41 Å². The zero-order chi connectivity index (χ0) is 12.9. The van der Waals surface area contributed by atoms with Crippen LogP contribution in [0.1, 0.15) is 59.3 Å². The average molecular weight is 241 g/mol. The number of hydrogen-bond acceptors (Lipinski definition) is 2. The van der Waals surface area contributed by atoms with Gasteiger partial charge in [0.1, 0.15) is 0 Å². The molecule has 0 aromatic rings. The Morgan fingerprint density at radius 2 is 1.88 bits per heavy atom. The maximum Gasteiger partial charge on any atom is 0.309 e. The third-order valence-corrected chi connectivity index (χ3v) is 4.27. The maximum absolute atomic E-state index is 11.4. The van der Waals surface area contributed by atoms with Crippen molar-refractivity contribution in [3.63, 3.8) is 0 Å². The first-order valence-electron chi connectivity index (χ1n) is 7.03. The molecule has 1 rings (SSSR count). The van der Waals surface area contributed by atoms with Crippen LogP contribution in [0.4, 0.5) is 0 Å². The van der Waals surface area contributed by atoms with Gasteiger partial charge in [0.15, 0.2) is 0 Å². The molecule has 1 aliphatic rings. The minimum absolute atomic E-state index is 0.433. The zero-order valence-corrected chi connectivity index (χ0v) is 11.5. The molecule has 0 radical (unpaired) electrons. The highest BCUT2D eigenvalue weighted by Gasteiger charge is 2.41. The Bertz CT molecular complexity index is 245. The lowest BCUT2D eigenvalue weighted by Crippen LogP contribution is -2.47. The number of nitrogens with zero attached hydrogens (tertiary/aromatic N) is 1. The van der Waals surface area contributed by atoms with Gasteiger partial charge in [-0.2, -0.15) is 0 Å². The number of aliphatic carboxylic acids is 1. The van der Waals surface area contributed by atoms with Crippen molar-refractivity contribution in [2.45, 2.75) is 65.3 Å². The Labute approximate surface area is 105 Å². The number of carbonyl (C=O) groups is 1. The molecule has 1 fully saturated rings. The molecule has 0 bridgehead atoms. The fourth-order valence-corrected chi connectivity index (χ4v) is 3.04. The highest BCUT2D eigenvalue weighted by Crippen LogP contribution is 2.37. The van der Waals surface area contributed by atoms with E-state index in [1.807, 2.05) is 0 Å². The second-order valence-electron chi connectivity index (χ2n) is 5.51. The molecule has 1 heterocycles. The summed E-state index contributed by atoms with van der Waals surface area (Å²) in [6.45, 7) is 8.45. The second kappa shape index (κ2) is 6.39. The maximum atomic E-state index is 11.4. The first-order chi connectivity index (χ1) is 8.05. The monoisotopic (exact) mass is 241 g/mol. The third kappa shape index (κ3) is 3.44. The molecule has 1 aliphatic heterocycles. The predicted molar refractivity (Wildman–Crippen MR) is 70.2 cm³/mol. The smallest absolute Gasteiger partial charge is 0.309 e. The minimum Gasteiger partial charge on any atom is -0.481 e. The number of carboxylic acid groups (broad SMARTS) is 1. The van der Waals surface area contributed by atoms with Gasteiger partial charge in [-0.15, -0.1) is 0 Å². The number of hydrogen-bond donors (Lipinski definition) is 1. The van der Waals surface area contributed by atoms with Crippen molar-refractivity contribution >= 4 is 5.97 Å². The quantitative estimate of drug-likeness (QED) is 0.776. The lowest BCUT2D eigenvalue weighted by atomic mass is 9.74. The summed E-state index contributed by atoms with van der Waals surface area (Å²) in [7, 11) is 0. The molecule has 0 aromatic heterocycles. The van der Waals surface area contributed by atoms with Crippen molar-refractivity contribution in [1.82, 2.24) is 4.90 Å². The molecule has 1 N–H and O–H groups in total. The molecule has 1 unspecified atom stereocenters. The van der Waals surface area contributed by atoms with E-state index in [4.69, 9.17) is 0 Å². The van der Waals surface area contributed by atoms with Crippen molar-refractivity contribution in [3.05, 3.63) is 0 Å². The van der Waals surface area contributed by atoms with E-state index in [2.05, 4.69) is 25.7 Å². The van der Waals surface area contributed by atoms with E-state index >= 15 is 0 Å². The highest BCUT2D eigenvalue weighted by atomic mass is 16.4. The summed E-state index contributed by atoms with van der Waals surface area (Å²) in [5.41, 5.74) is -0.433. The highest BCUT2D eigenvalue weighted by molar-refractivity contribution is 5.74. The van der Waals surface area contributed by atoms with Crippen LogP contribution in [0.25, 0.3) is 0 Å². The van der Waals surface area contributed by atoms with Gasteiger partial charge in [0, 0.05) is 6.04 Å². The summed E-state index contributed by atoms with van der Waals surface area (Å²) < 4.78 is 0. The molecule has 0 aliphatic carbocycles. The van der Waals surface area contributed by atoms with Crippen LogP contribution in [0.2, 0.25) is 0 Å². The van der Waals surface area contributed by atoms with Gasteiger partial charge in [0.05, 0.1) is 5.41 Å². The van der Waals surface area contributed by atoms with Crippen LogP contribution in [-0.2, 0) is 4.79 Å². The summed E-state index contributed by atoms with van der Waals surface area (Å²) in [4.78, 5) is 13.9. The summed E-state index contributed by atoms with van der Waals surface area (Å²) in [5, 5.41) is 9.43. The van der Waals surface area contributed by atoms with Crippen molar-refractivity contribution in [3.8, 4) is 0 Å². The van der Waals surface area contributed by atoms with Crippen LogP contribution in [0, 0.1) is 5.41 Å². The molecule has 3 heteroatoms. The lowest BCUT2D eigenvalue weighted by Gasteiger charge is -2.41. The Morgan fingerprint density at radius 1 is 1.29 bits per heavy atom. The number of likely N-dealkylation sites (tertiary alicyclic amines) is 1. The fraction of sp³-hybridized carbons (Fsp3) is 0.929. The summed E-state index contributed by atoms with van der Waals surface area (Å²) in [6, 6.07) is 0.605. The standard InChI is InChI=1S/C14H27NO2/c1-4-6-12(3)15-10-8-14(7-5-2,9-11-15)13(16)17/h12H,4-11H2,1-3H3,(H,16,17). The van der Waals surface area contributed by atoms with Gasteiger partial charge >= 0.3 is 5.97 Å². The van der Waals surface area contributed by atoms with Gasteiger partial charge in [-0.1, -0.05) is 26.7 Å². The normalized spacial score (nSPS) is 22.3. The van der Waals surface area contributed by atoms with Crippen LogP contribution in [0.3, 0.4) is 0 Å². The molecule has 0 amide bonds. The van der Waals surface area contributed by atoms with Crippen molar-refractivity contribution < 1.29 is 9.90 Å². The van der Waals surface area contributed by atoms with E-state index in [1.54, 1.807) is 0 Å². The van der Waals surface area contributed by atoms with E-state index in [-0.39, 0.29) is 0 Å². The average Bonchev–Trinajstić information content (AvgIpc) is 2.30. The van der Waals surface area contributed by atoms with Crippen molar-refractivity contribution in [2.75, 3.05) is 13.1 Å². The lowest BCUT2D eigenvalue weighted by molar-refractivity contribution is -0.153. The van der Waals surface area contributed by atoms with Gasteiger partial charge < -0.3 is 10.0 Å². The summed E-state index contributed by atoms with van der Waals surface area (Å²) in [6.07, 6.45) is 5.87. The zero-order valence-electron chi connectivity index (χ0n) is 11.5. The minimum atomic E-state index is -0.581. The van der Waals surface area contributed by atoms with Crippen LogP contribution in [-0.4, -0.2) is 35.1 Å². The number of piperidine rings is 1. The topological polar surface area (TPSA) is 40.5 Å². The SMILES string of the molecule is CCCC(C)N1CCC(CCC)(C(=O)O)CC1. The molecule has 0 aromatic carbocycles. The van der Waals surface area contributed by atoms with Crippen LogP contribution in [0.15, 0.2) is 0 Å².